The Morgan fingerprint density at radius 2 is 1.96 bits per heavy atom. The molecule has 0 amide bonds. The molecule has 0 aliphatic carbocycles. The van der Waals surface area contributed by atoms with Gasteiger partial charge < -0.3 is 14.4 Å². The van der Waals surface area contributed by atoms with Crippen LogP contribution in [0, 0.1) is 0 Å². The van der Waals surface area contributed by atoms with Gasteiger partial charge in [-0.25, -0.2) is 4.79 Å². The molecule has 6 heteroatoms. The van der Waals surface area contributed by atoms with Gasteiger partial charge in [0.15, 0.2) is 0 Å². The lowest BCUT2D eigenvalue weighted by Gasteiger charge is -2.22. The third-order valence-corrected chi connectivity index (χ3v) is 4.39. The first kappa shape index (κ1) is 20.5. The van der Waals surface area contributed by atoms with Gasteiger partial charge in [-0.3, -0.25) is 4.79 Å². The van der Waals surface area contributed by atoms with Crippen LogP contribution >= 0.6 is 15.9 Å². The molecule has 0 N–H and O–H groups in total. The number of anilines is 1. The van der Waals surface area contributed by atoms with Gasteiger partial charge in [0, 0.05) is 35.6 Å². The Balaban J connectivity index is 2.24. The molecule has 2 rings (SSSR count). The molecule has 1 aromatic rings. The smallest absolute Gasteiger partial charge is 0.334 e. The van der Waals surface area contributed by atoms with E-state index in [4.69, 9.17) is 9.47 Å². The molecule has 142 valence electrons. The van der Waals surface area contributed by atoms with Gasteiger partial charge in [-0.2, -0.15) is 0 Å². The molecule has 0 saturated carbocycles. The monoisotopic (exact) mass is 423 g/mol. The van der Waals surface area contributed by atoms with Crippen LogP contribution < -0.4 is 4.90 Å². The van der Waals surface area contributed by atoms with Crippen LogP contribution in [0.25, 0.3) is 6.08 Å². The zero-order valence-corrected chi connectivity index (χ0v) is 17.6. The molecule has 0 radical (unpaired) electrons. The van der Waals surface area contributed by atoms with E-state index in [2.05, 4.69) is 20.8 Å². The standard InChI is InChI=1S/C20H26BrNO4/c1-13(19(24)26-20(3,4)5)10-15-11-16(21)6-7-18(15)22-9-8-17(12-22)25-14(2)23/h6-7,10-11,17H,8-9,12H2,1-5H3/b13-10+. The predicted molar refractivity (Wildman–Crippen MR) is 106 cm³/mol. The number of carbonyl (C=O) groups is 2. The number of hydrogen-bond acceptors (Lipinski definition) is 5. The molecule has 1 heterocycles. The fourth-order valence-electron chi connectivity index (χ4n) is 2.86. The normalized spacial score (nSPS) is 18.0. The average molecular weight is 424 g/mol. The largest absolute Gasteiger partial charge is 0.461 e. The van der Waals surface area contributed by atoms with Gasteiger partial charge in [0.05, 0.1) is 6.54 Å². The summed E-state index contributed by atoms with van der Waals surface area (Å²) in [5.74, 6) is -0.587. The van der Waals surface area contributed by atoms with Crippen molar-refractivity contribution < 1.29 is 19.1 Å². The van der Waals surface area contributed by atoms with Gasteiger partial charge in [-0.1, -0.05) is 15.9 Å². The minimum absolute atomic E-state index is 0.0973. The van der Waals surface area contributed by atoms with Crippen molar-refractivity contribution in [2.45, 2.75) is 52.7 Å². The highest BCUT2D eigenvalue weighted by molar-refractivity contribution is 9.10. The van der Waals surface area contributed by atoms with Crippen molar-refractivity contribution in [3.8, 4) is 0 Å². The van der Waals surface area contributed by atoms with E-state index < -0.39 is 5.60 Å². The molecule has 5 nitrogen and oxygen atoms in total. The Hall–Kier alpha value is -1.82. The third kappa shape index (κ3) is 5.87. The van der Waals surface area contributed by atoms with Crippen molar-refractivity contribution in [1.29, 1.82) is 0 Å². The first-order valence-corrected chi connectivity index (χ1v) is 9.48. The summed E-state index contributed by atoms with van der Waals surface area (Å²) in [6, 6.07) is 5.95. The van der Waals surface area contributed by atoms with Crippen LogP contribution in [0.4, 0.5) is 5.69 Å². The van der Waals surface area contributed by atoms with E-state index in [1.54, 1.807) is 6.92 Å². The van der Waals surface area contributed by atoms with E-state index in [9.17, 15) is 9.59 Å². The molecule has 0 bridgehead atoms. The maximum absolute atomic E-state index is 12.3. The highest BCUT2D eigenvalue weighted by atomic mass is 79.9. The maximum Gasteiger partial charge on any atom is 0.334 e. The van der Waals surface area contributed by atoms with E-state index in [0.717, 1.165) is 28.7 Å². The summed E-state index contributed by atoms with van der Waals surface area (Å²) in [6.07, 6.45) is 2.54. The van der Waals surface area contributed by atoms with Crippen molar-refractivity contribution in [1.82, 2.24) is 0 Å². The van der Waals surface area contributed by atoms with Crippen LogP contribution in [0.3, 0.4) is 0 Å². The lowest BCUT2D eigenvalue weighted by Crippen LogP contribution is -2.25. The second-order valence-electron chi connectivity index (χ2n) is 7.50. The van der Waals surface area contributed by atoms with E-state index >= 15 is 0 Å². The minimum atomic E-state index is -0.529. The second kappa shape index (κ2) is 8.25. The van der Waals surface area contributed by atoms with Crippen molar-refractivity contribution in [3.63, 3.8) is 0 Å². The molecular formula is C20H26BrNO4. The minimum Gasteiger partial charge on any atom is -0.461 e. The van der Waals surface area contributed by atoms with Crippen LogP contribution in [0.2, 0.25) is 0 Å². The van der Waals surface area contributed by atoms with Gasteiger partial charge in [-0.15, -0.1) is 0 Å². The van der Waals surface area contributed by atoms with E-state index in [1.807, 2.05) is 45.0 Å². The average Bonchev–Trinajstić information content (AvgIpc) is 2.93. The van der Waals surface area contributed by atoms with Gasteiger partial charge in [0.25, 0.3) is 0 Å². The molecule has 1 unspecified atom stereocenters. The van der Waals surface area contributed by atoms with E-state index in [1.165, 1.54) is 6.92 Å². The Kier molecular flexibility index (Phi) is 6.50. The number of rotatable bonds is 4. The van der Waals surface area contributed by atoms with Gasteiger partial charge in [0.2, 0.25) is 0 Å². The molecule has 1 fully saturated rings. The molecule has 26 heavy (non-hydrogen) atoms. The van der Waals surface area contributed by atoms with Crippen LogP contribution in [-0.2, 0) is 19.1 Å². The van der Waals surface area contributed by atoms with Crippen molar-refractivity contribution in [3.05, 3.63) is 33.8 Å². The lowest BCUT2D eigenvalue weighted by atomic mass is 10.1. The molecule has 1 saturated heterocycles. The fraction of sp³-hybridized carbons (Fsp3) is 0.500. The third-order valence-electron chi connectivity index (χ3n) is 3.90. The molecule has 1 aliphatic rings. The van der Waals surface area contributed by atoms with Gasteiger partial charge >= 0.3 is 11.9 Å². The fourth-order valence-corrected chi connectivity index (χ4v) is 3.24. The van der Waals surface area contributed by atoms with Crippen molar-refractivity contribution in [2.24, 2.45) is 0 Å². The Morgan fingerprint density at radius 3 is 2.58 bits per heavy atom. The quantitative estimate of drug-likeness (QED) is 0.532. The summed E-state index contributed by atoms with van der Waals surface area (Å²) in [7, 11) is 0. The van der Waals surface area contributed by atoms with Gasteiger partial charge in [0.1, 0.15) is 11.7 Å². The first-order chi connectivity index (χ1) is 12.0. The molecule has 1 atom stereocenters. The zero-order valence-electron chi connectivity index (χ0n) is 16.0. The highest BCUT2D eigenvalue weighted by Gasteiger charge is 2.26. The number of benzene rings is 1. The number of nitrogens with zero attached hydrogens (tertiary/aromatic N) is 1. The summed E-state index contributed by atoms with van der Waals surface area (Å²) in [4.78, 5) is 25.6. The molecule has 1 aromatic carbocycles. The maximum atomic E-state index is 12.3. The topological polar surface area (TPSA) is 55.8 Å². The Bertz CT molecular complexity index is 721. The first-order valence-electron chi connectivity index (χ1n) is 8.68. The van der Waals surface area contributed by atoms with Crippen LogP contribution in [-0.4, -0.2) is 36.7 Å². The van der Waals surface area contributed by atoms with Crippen LogP contribution in [0.1, 0.15) is 46.6 Å². The zero-order chi connectivity index (χ0) is 19.5. The highest BCUT2D eigenvalue weighted by Crippen LogP contribution is 2.30. The number of esters is 2. The molecule has 1 aliphatic heterocycles. The summed E-state index contributed by atoms with van der Waals surface area (Å²) < 4.78 is 11.7. The number of ether oxygens (including phenoxy) is 2. The van der Waals surface area contributed by atoms with Gasteiger partial charge in [-0.05, 0) is 57.5 Å². The molecule has 0 spiro atoms. The Morgan fingerprint density at radius 1 is 1.27 bits per heavy atom. The number of halogens is 1. The predicted octanol–water partition coefficient (Wildman–Crippen LogP) is 4.34. The van der Waals surface area contributed by atoms with Crippen LogP contribution in [0.5, 0.6) is 0 Å². The summed E-state index contributed by atoms with van der Waals surface area (Å²) in [6.45, 7) is 10.2. The number of hydrogen-bond donors (Lipinski definition) is 0. The van der Waals surface area contributed by atoms with Crippen molar-refractivity contribution in [2.75, 3.05) is 18.0 Å². The Labute approximate surface area is 163 Å². The summed E-state index contributed by atoms with van der Waals surface area (Å²) >= 11 is 3.49. The second-order valence-corrected chi connectivity index (χ2v) is 8.41. The molecule has 0 aromatic heterocycles. The SMILES string of the molecule is CC(=O)OC1CCN(c2ccc(Br)cc2/C=C(\C)C(=O)OC(C)(C)C)C1. The van der Waals surface area contributed by atoms with Crippen LogP contribution in [0.15, 0.2) is 28.2 Å². The lowest BCUT2D eigenvalue weighted by molar-refractivity contribution is -0.149. The van der Waals surface area contributed by atoms with E-state index in [0.29, 0.717) is 12.1 Å². The van der Waals surface area contributed by atoms with Crippen molar-refractivity contribution >= 4 is 39.6 Å². The summed E-state index contributed by atoms with van der Waals surface area (Å²) in [5.41, 5.74) is 1.94. The summed E-state index contributed by atoms with van der Waals surface area (Å²) in [5, 5.41) is 0. The molecular weight excluding hydrogens is 398 g/mol. The number of carbonyl (C=O) groups excluding carboxylic acids is 2. The van der Waals surface area contributed by atoms with E-state index in [-0.39, 0.29) is 18.0 Å².